The molecule has 23 heavy (non-hydrogen) atoms. The Balaban J connectivity index is 1.90. The summed E-state index contributed by atoms with van der Waals surface area (Å²) in [5, 5.41) is 0.606. The van der Waals surface area contributed by atoms with E-state index in [4.69, 9.17) is 0 Å². The monoisotopic (exact) mass is 354 g/mol. The maximum atomic E-state index is 13.3. The van der Waals surface area contributed by atoms with Crippen LogP contribution < -0.4 is 0 Å². The van der Waals surface area contributed by atoms with E-state index in [1.807, 2.05) is 24.3 Å². The summed E-state index contributed by atoms with van der Waals surface area (Å²) >= 11 is 1.38. The lowest BCUT2D eigenvalue weighted by Gasteiger charge is -2.15. The average molecular weight is 354 g/mol. The number of para-hydroxylation sites is 1. The van der Waals surface area contributed by atoms with Crippen LogP contribution in [0.1, 0.15) is 5.01 Å². The van der Waals surface area contributed by atoms with Gasteiger partial charge in [-0.05, 0) is 24.3 Å². The van der Waals surface area contributed by atoms with E-state index < -0.39 is 26.6 Å². The zero-order valence-electron chi connectivity index (χ0n) is 12.0. The summed E-state index contributed by atoms with van der Waals surface area (Å²) in [4.78, 5) is 3.94. The van der Waals surface area contributed by atoms with Crippen molar-refractivity contribution in [3.05, 3.63) is 59.1 Å². The number of halogens is 2. The normalized spacial score (nSPS) is 12.2. The fourth-order valence-electron chi connectivity index (χ4n) is 2.12. The van der Waals surface area contributed by atoms with Crippen LogP contribution in [-0.2, 0) is 16.6 Å². The van der Waals surface area contributed by atoms with Crippen LogP contribution in [0.4, 0.5) is 8.78 Å². The van der Waals surface area contributed by atoms with Crippen LogP contribution in [0.5, 0.6) is 0 Å². The molecule has 0 saturated heterocycles. The minimum Gasteiger partial charge on any atom is -0.240 e. The molecule has 120 valence electrons. The first-order valence-corrected chi connectivity index (χ1v) is 8.89. The maximum Gasteiger partial charge on any atom is 0.243 e. The van der Waals surface area contributed by atoms with Crippen LogP contribution in [0, 0.1) is 11.6 Å². The van der Waals surface area contributed by atoms with Crippen molar-refractivity contribution in [2.45, 2.75) is 11.4 Å². The van der Waals surface area contributed by atoms with E-state index >= 15 is 0 Å². The molecule has 0 unspecified atom stereocenters. The van der Waals surface area contributed by atoms with E-state index in [1.54, 1.807) is 0 Å². The van der Waals surface area contributed by atoms with Crippen molar-refractivity contribution in [1.29, 1.82) is 0 Å². The molecule has 0 aliphatic rings. The van der Waals surface area contributed by atoms with Gasteiger partial charge in [0.15, 0.2) is 0 Å². The lowest BCUT2D eigenvalue weighted by molar-refractivity contribution is 0.464. The minimum atomic E-state index is -4.00. The Kier molecular flexibility index (Phi) is 4.13. The molecule has 0 saturated carbocycles. The van der Waals surface area contributed by atoms with Gasteiger partial charge in [0.25, 0.3) is 0 Å². The molecular formula is C15H12F2N2O2S2. The molecule has 0 bridgehead atoms. The fourth-order valence-corrected chi connectivity index (χ4v) is 4.40. The van der Waals surface area contributed by atoms with Crippen molar-refractivity contribution in [3.63, 3.8) is 0 Å². The molecule has 1 aromatic heterocycles. The first-order valence-electron chi connectivity index (χ1n) is 6.63. The first-order chi connectivity index (χ1) is 10.9. The van der Waals surface area contributed by atoms with Gasteiger partial charge in [-0.1, -0.05) is 12.1 Å². The van der Waals surface area contributed by atoms with E-state index in [2.05, 4.69) is 4.98 Å². The van der Waals surface area contributed by atoms with Crippen LogP contribution in [0.25, 0.3) is 10.2 Å². The molecular weight excluding hydrogens is 342 g/mol. The number of benzene rings is 2. The summed E-state index contributed by atoms with van der Waals surface area (Å²) in [5.41, 5.74) is 0.787. The number of hydrogen-bond donors (Lipinski definition) is 0. The second-order valence-corrected chi connectivity index (χ2v) is 8.10. The Hall–Kier alpha value is -1.90. The molecule has 3 rings (SSSR count). The lowest BCUT2D eigenvalue weighted by Crippen LogP contribution is -2.26. The second kappa shape index (κ2) is 5.95. The zero-order valence-corrected chi connectivity index (χ0v) is 13.7. The van der Waals surface area contributed by atoms with Crippen LogP contribution in [-0.4, -0.2) is 24.8 Å². The van der Waals surface area contributed by atoms with E-state index in [9.17, 15) is 17.2 Å². The Bertz CT molecular complexity index is 917. The first kappa shape index (κ1) is 16.0. The topological polar surface area (TPSA) is 50.3 Å². The molecule has 1 heterocycles. The number of fused-ring (bicyclic) bond motifs is 1. The van der Waals surface area contributed by atoms with Crippen LogP contribution in [0.2, 0.25) is 0 Å². The van der Waals surface area contributed by atoms with Gasteiger partial charge in [-0.25, -0.2) is 22.2 Å². The van der Waals surface area contributed by atoms with Gasteiger partial charge in [0.05, 0.1) is 21.7 Å². The summed E-state index contributed by atoms with van der Waals surface area (Å²) in [6, 6.07) is 9.69. The standard InChI is InChI=1S/C15H12F2N2O2S2/c1-19(9-15-18-13-4-2-3-5-14(13)22-15)23(20,21)12-7-10(16)6-11(17)8-12/h2-8H,9H2,1H3. The number of sulfonamides is 1. The summed E-state index contributed by atoms with van der Waals surface area (Å²) < 4.78 is 53.3. The summed E-state index contributed by atoms with van der Waals surface area (Å²) in [5.74, 6) is -1.87. The van der Waals surface area contributed by atoms with Gasteiger partial charge in [-0.3, -0.25) is 0 Å². The molecule has 4 nitrogen and oxygen atoms in total. The predicted molar refractivity (Wildman–Crippen MR) is 84.6 cm³/mol. The molecule has 0 spiro atoms. The second-order valence-electron chi connectivity index (χ2n) is 4.94. The molecule has 0 radical (unpaired) electrons. The molecule has 2 aromatic carbocycles. The molecule has 0 amide bonds. The van der Waals surface area contributed by atoms with Gasteiger partial charge < -0.3 is 0 Å². The summed E-state index contributed by atoms with van der Waals surface area (Å²) in [7, 11) is -2.65. The third-order valence-electron chi connectivity index (χ3n) is 3.24. The zero-order chi connectivity index (χ0) is 16.6. The largest absolute Gasteiger partial charge is 0.243 e. The molecule has 0 aliphatic carbocycles. The summed E-state index contributed by atoms with van der Waals surface area (Å²) in [6.07, 6.45) is 0. The minimum absolute atomic E-state index is 0.0276. The Morgan fingerprint density at radius 1 is 1.13 bits per heavy atom. The Morgan fingerprint density at radius 3 is 2.43 bits per heavy atom. The van der Waals surface area contributed by atoms with E-state index in [0.29, 0.717) is 11.1 Å². The van der Waals surface area contributed by atoms with Gasteiger partial charge in [0.1, 0.15) is 16.6 Å². The van der Waals surface area contributed by atoms with Gasteiger partial charge >= 0.3 is 0 Å². The molecule has 0 aliphatic heterocycles. The van der Waals surface area contributed by atoms with E-state index in [1.165, 1.54) is 18.4 Å². The number of nitrogens with zero attached hydrogens (tertiary/aromatic N) is 2. The lowest BCUT2D eigenvalue weighted by atomic mass is 10.3. The van der Waals surface area contributed by atoms with Crippen molar-refractivity contribution in [2.75, 3.05) is 7.05 Å². The summed E-state index contributed by atoms with van der Waals surface area (Å²) in [6.45, 7) is 0.0276. The van der Waals surface area contributed by atoms with E-state index in [0.717, 1.165) is 26.7 Å². The highest BCUT2D eigenvalue weighted by atomic mass is 32.2. The average Bonchev–Trinajstić information content (AvgIpc) is 2.88. The third kappa shape index (κ3) is 3.24. The van der Waals surface area contributed by atoms with Gasteiger partial charge in [-0.2, -0.15) is 4.31 Å². The number of hydrogen-bond acceptors (Lipinski definition) is 4. The molecule has 3 aromatic rings. The van der Waals surface area contributed by atoms with Crippen LogP contribution in [0.15, 0.2) is 47.4 Å². The Morgan fingerprint density at radius 2 is 1.78 bits per heavy atom. The quantitative estimate of drug-likeness (QED) is 0.722. The van der Waals surface area contributed by atoms with Gasteiger partial charge in [0.2, 0.25) is 10.0 Å². The SMILES string of the molecule is CN(Cc1nc2ccccc2s1)S(=O)(=O)c1cc(F)cc(F)c1. The van der Waals surface area contributed by atoms with E-state index in [-0.39, 0.29) is 6.54 Å². The number of aromatic nitrogens is 1. The van der Waals surface area contributed by atoms with Crippen molar-refractivity contribution in [2.24, 2.45) is 0 Å². The number of thiazole rings is 1. The molecule has 0 atom stereocenters. The smallest absolute Gasteiger partial charge is 0.240 e. The van der Waals surface area contributed by atoms with Gasteiger partial charge in [0, 0.05) is 13.1 Å². The van der Waals surface area contributed by atoms with Crippen LogP contribution >= 0.6 is 11.3 Å². The van der Waals surface area contributed by atoms with Gasteiger partial charge in [-0.15, -0.1) is 11.3 Å². The maximum absolute atomic E-state index is 13.3. The Labute approximate surface area is 136 Å². The molecule has 0 fully saturated rings. The van der Waals surface area contributed by atoms with Crippen molar-refractivity contribution in [3.8, 4) is 0 Å². The van der Waals surface area contributed by atoms with Crippen LogP contribution in [0.3, 0.4) is 0 Å². The highest BCUT2D eigenvalue weighted by molar-refractivity contribution is 7.89. The fraction of sp³-hybridized carbons (Fsp3) is 0.133. The highest BCUT2D eigenvalue weighted by Crippen LogP contribution is 2.24. The molecule has 8 heteroatoms. The third-order valence-corrected chi connectivity index (χ3v) is 6.04. The number of rotatable bonds is 4. The molecule has 0 N–H and O–H groups in total. The highest BCUT2D eigenvalue weighted by Gasteiger charge is 2.23. The van der Waals surface area contributed by atoms with Crippen molar-refractivity contribution >= 4 is 31.6 Å². The van der Waals surface area contributed by atoms with Crippen molar-refractivity contribution < 1.29 is 17.2 Å². The predicted octanol–water partition coefficient (Wildman–Crippen LogP) is 3.40. The van der Waals surface area contributed by atoms with Crippen molar-refractivity contribution in [1.82, 2.24) is 9.29 Å².